The number of halogens is 2. The molecule has 0 aliphatic heterocycles. The molecule has 1 aromatic rings. The molecule has 2 aliphatic carbocycles. The van der Waals surface area contributed by atoms with Crippen LogP contribution in [0.5, 0.6) is 0 Å². The zero-order chi connectivity index (χ0) is 22.5. The van der Waals surface area contributed by atoms with Gasteiger partial charge in [-0.3, -0.25) is 14.3 Å². The summed E-state index contributed by atoms with van der Waals surface area (Å²) < 4.78 is 43.6. The van der Waals surface area contributed by atoms with E-state index in [9.17, 15) is 22.4 Å². The number of nitrogens with one attached hydrogen (secondary N) is 2. The number of aryl methyl sites for hydroxylation is 1. The summed E-state index contributed by atoms with van der Waals surface area (Å²) in [5.41, 5.74) is -1.12. The average Bonchev–Trinajstić information content (AvgIpc) is 3.41. The van der Waals surface area contributed by atoms with Gasteiger partial charge in [-0.15, -0.1) is 0 Å². The third kappa shape index (κ3) is 4.04. The predicted molar refractivity (Wildman–Crippen MR) is 116 cm³/mol. The number of carbonyl (C=O) groups is 1. The average molecular weight is 504 g/mol. The number of carboxylic acids is 1. The zero-order valence-corrected chi connectivity index (χ0v) is 19.2. The van der Waals surface area contributed by atoms with Crippen LogP contribution in [0.2, 0.25) is 0 Å². The van der Waals surface area contributed by atoms with E-state index in [4.69, 9.17) is 5.11 Å². The maximum absolute atomic E-state index is 14.7. The highest BCUT2D eigenvalue weighted by molar-refractivity contribution is 9.11. The highest BCUT2D eigenvalue weighted by Gasteiger charge is 2.56. The molecule has 0 aromatic carbocycles. The number of aliphatic carboxylic acids is 1. The fraction of sp³-hybridized carbons (Fsp3) is 0.474. The number of pyridine rings is 1. The number of carboxylic acid groups (broad SMARTS) is 1. The maximum Gasteiger partial charge on any atom is 0.305 e. The van der Waals surface area contributed by atoms with Gasteiger partial charge >= 0.3 is 5.97 Å². The van der Waals surface area contributed by atoms with Gasteiger partial charge in [0.1, 0.15) is 10.6 Å². The van der Waals surface area contributed by atoms with Crippen LogP contribution in [-0.4, -0.2) is 34.3 Å². The van der Waals surface area contributed by atoms with Crippen LogP contribution < -0.4 is 15.6 Å². The lowest BCUT2D eigenvalue weighted by Gasteiger charge is -2.33. The van der Waals surface area contributed by atoms with Gasteiger partial charge in [-0.25, -0.2) is 12.8 Å². The predicted octanol–water partition coefficient (Wildman–Crippen LogP) is 3.15. The van der Waals surface area contributed by atoms with Gasteiger partial charge in [0.15, 0.2) is 0 Å². The smallest absolute Gasteiger partial charge is 0.305 e. The fourth-order valence-corrected chi connectivity index (χ4v) is 5.44. The van der Waals surface area contributed by atoms with Crippen molar-refractivity contribution in [2.24, 2.45) is 7.05 Å². The van der Waals surface area contributed by atoms with Crippen LogP contribution >= 0.6 is 15.9 Å². The molecule has 0 radical (unpaired) electrons. The third-order valence-corrected chi connectivity index (χ3v) is 8.34. The number of aromatic nitrogens is 1. The molecule has 164 valence electrons. The molecular formula is C19H23BrFN3O5S. The van der Waals surface area contributed by atoms with Crippen LogP contribution in [0.15, 0.2) is 33.5 Å². The van der Waals surface area contributed by atoms with E-state index in [2.05, 4.69) is 26.0 Å². The molecule has 2 aliphatic rings. The van der Waals surface area contributed by atoms with E-state index >= 15 is 0 Å². The monoisotopic (exact) mass is 503 g/mol. The van der Waals surface area contributed by atoms with Crippen molar-refractivity contribution in [2.75, 3.05) is 10.0 Å². The van der Waals surface area contributed by atoms with Crippen molar-refractivity contribution >= 4 is 43.3 Å². The Bertz CT molecular complexity index is 1140. The van der Waals surface area contributed by atoms with Crippen molar-refractivity contribution in [3.05, 3.63) is 44.6 Å². The summed E-state index contributed by atoms with van der Waals surface area (Å²) in [6, 6.07) is 0. The normalized spacial score (nSPS) is 22.7. The molecule has 30 heavy (non-hydrogen) atoms. The van der Waals surface area contributed by atoms with E-state index < -0.39 is 38.5 Å². The van der Waals surface area contributed by atoms with Crippen molar-refractivity contribution in [3.63, 3.8) is 0 Å². The standard InChI is InChI=1S/C19H23BrFN3O5S/c1-11-16(22-18(2)5-4-12(20)8-14(18)21)13(10-24(3)17(11)27)23-30(28,29)19(6-7-19)9-15(25)26/h4,8,10,22-23H,5-7,9H2,1-3H3,(H,25,26)/t18-/m1/s1. The van der Waals surface area contributed by atoms with Crippen LogP contribution in [0.4, 0.5) is 15.8 Å². The SMILES string of the molecule is Cc1c(N[C@]2(C)CC=C(Br)C=C2F)c(NS(=O)(=O)C2(CC(=O)O)CC2)cn(C)c1=O. The van der Waals surface area contributed by atoms with Gasteiger partial charge in [-0.1, -0.05) is 22.0 Å². The minimum absolute atomic E-state index is 0.0638. The molecule has 8 nitrogen and oxygen atoms in total. The first-order chi connectivity index (χ1) is 13.8. The van der Waals surface area contributed by atoms with Gasteiger partial charge < -0.3 is 15.0 Å². The van der Waals surface area contributed by atoms with Gasteiger partial charge in [0.25, 0.3) is 5.56 Å². The van der Waals surface area contributed by atoms with Crippen LogP contribution in [0, 0.1) is 6.92 Å². The fourth-order valence-electron chi connectivity index (χ4n) is 3.46. The lowest BCUT2D eigenvalue weighted by Crippen LogP contribution is -2.39. The Morgan fingerprint density at radius 1 is 1.40 bits per heavy atom. The van der Waals surface area contributed by atoms with E-state index in [1.807, 2.05) is 0 Å². The Kier molecular flexibility index (Phi) is 5.65. The molecule has 0 saturated heterocycles. The molecule has 0 unspecified atom stereocenters. The Hall–Kier alpha value is -2.14. The van der Waals surface area contributed by atoms with E-state index in [0.717, 1.165) is 0 Å². The Morgan fingerprint density at radius 2 is 2.03 bits per heavy atom. The summed E-state index contributed by atoms with van der Waals surface area (Å²) in [7, 11) is -2.59. The molecule has 1 saturated carbocycles. The number of anilines is 2. The topological polar surface area (TPSA) is 118 Å². The van der Waals surface area contributed by atoms with Gasteiger partial charge in [-0.2, -0.15) is 0 Å². The second-order valence-corrected chi connectivity index (χ2v) is 11.1. The number of nitrogens with zero attached hydrogens (tertiary/aromatic N) is 1. The molecule has 1 fully saturated rings. The van der Waals surface area contributed by atoms with Gasteiger partial charge in [0.05, 0.1) is 23.3 Å². The minimum Gasteiger partial charge on any atom is -0.481 e. The van der Waals surface area contributed by atoms with E-state index in [1.165, 1.54) is 30.8 Å². The number of hydrogen-bond acceptors (Lipinski definition) is 5. The lowest BCUT2D eigenvalue weighted by molar-refractivity contribution is -0.137. The molecule has 11 heteroatoms. The highest BCUT2D eigenvalue weighted by atomic mass is 79.9. The molecule has 3 rings (SSSR count). The number of allylic oxidation sites excluding steroid dienone is 2. The van der Waals surface area contributed by atoms with E-state index in [1.54, 1.807) is 13.0 Å². The van der Waals surface area contributed by atoms with Gasteiger partial charge in [-0.05, 0) is 39.2 Å². The van der Waals surface area contributed by atoms with Crippen molar-refractivity contribution in [1.29, 1.82) is 0 Å². The summed E-state index contributed by atoms with van der Waals surface area (Å²) >= 11 is 3.23. The highest BCUT2D eigenvalue weighted by Crippen LogP contribution is 2.47. The molecule has 1 aromatic heterocycles. The molecule has 0 amide bonds. The number of sulfonamides is 1. The van der Waals surface area contributed by atoms with Crippen LogP contribution in [0.25, 0.3) is 0 Å². The first kappa shape index (κ1) is 22.5. The van der Waals surface area contributed by atoms with Crippen molar-refractivity contribution in [2.45, 2.75) is 49.8 Å². The van der Waals surface area contributed by atoms with Gasteiger partial charge in [0.2, 0.25) is 10.0 Å². The minimum atomic E-state index is -4.06. The van der Waals surface area contributed by atoms with Crippen molar-refractivity contribution in [3.8, 4) is 0 Å². The summed E-state index contributed by atoms with van der Waals surface area (Å²) in [6.45, 7) is 3.13. The molecule has 1 heterocycles. The second-order valence-electron chi connectivity index (χ2n) is 8.06. The summed E-state index contributed by atoms with van der Waals surface area (Å²) in [5.74, 6) is -1.68. The first-order valence-electron chi connectivity index (χ1n) is 9.26. The molecule has 1 atom stereocenters. The lowest BCUT2D eigenvalue weighted by atomic mass is 9.91. The number of hydrogen-bond donors (Lipinski definition) is 3. The maximum atomic E-state index is 14.7. The summed E-state index contributed by atoms with van der Waals surface area (Å²) in [5, 5.41) is 12.1. The first-order valence-corrected chi connectivity index (χ1v) is 11.5. The van der Waals surface area contributed by atoms with Crippen molar-refractivity contribution in [1.82, 2.24) is 4.57 Å². The van der Waals surface area contributed by atoms with E-state index in [0.29, 0.717) is 4.48 Å². The summed E-state index contributed by atoms with van der Waals surface area (Å²) in [4.78, 5) is 23.6. The van der Waals surface area contributed by atoms with Gasteiger partial charge in [0, 0.05) is 23.3 Å². The Labute approximate surface area is 182 Å². The van der Waals surface area contributed by atoms with Crippen LogP contribution in [0.3, 0.4) is 0 Å². The third-order valence-electron chi connectivity index (χ3n) is 5.60. The largest absolute Gasteiger partial charge is 0.481 e. The van der Waals surface area contributed by atoms with Crippen molar-refractivity contribution < 1.29 is 22.7 Å². The molecular weight excluding hydrogens is 481 g/mol. The summed E-state index contributed by atoms with van der Waals surface area (Å²) in [6.07, 6.45) is 4.60. The number of rotatable bonds is 7. The second kappa shape index (κ2) is 7.52. The van der Waals surface area contributed by atoms with Crippen LogP contribution in [-0.2, 0) is 21.9 Å². The Morgan fingerprint density at radius 3 is 2.57 bits per heavy atom. The quantitative estimate of drug-likeness (QED) is 0.525. The Balaban J connectivity index is 2.03. The molecule has 3 N–H and O–H groups in total. The molecule has 0 spiro atoms. The molecule has 0 bridgehead atoms. The van der Waals surface area contributed by atoms with E-state index in [-0.39, 0.29) is 41.8 Å². The zero-order valence-electron chi connectivity index (χ0n) is 16.8. The van der Waals surface area contributed by atoms with Crippen LogP contribution in [0.1, 0.15) is 38.2 Å².